The Morgan fingerprint density at radius 1 is 1.08 bits per heavy atom. The third kappa shape index (κ3) is 6.81. The minimum absolute atomic E-state index is 0.475. The first-order valence-electron chi connectivity index (χ1n) is 8.45. The van der Waals surface area contributed by atoms with Gasteiger partial charge in [-0.2, -0.15) is 0 Å². The second-order valence-electron chi connectivity index (χ2n) is 5.34. The number of nitrogens with one attached hydrogen (secondary N) is 2. The minimum atomic E-state index is 0.475. The molecule has 1 aromatic carbocycles. The Morgan fingerprint density at radius 2 is 1.92 bits per heavy atom. The van der Waals surface area contributed by atoms with Crippen molar-refractivity contribution in [2.75, 3.05) is 26.9 Å². The molecule has 0 bridgehead atoms. The van der Waals surface area contributed by atoms with Gasteiger partial charge in [0.2, 0.25) is 5.88 Å². The molecule has 1 aromatic heterocycles. The fraction of sp³-hybridized carbons (Fsp3) is 0.368. The van der Waals surface area contributed by atoms with E-state index in [2.05, 4.69) is 32.7 Å². The van der Waals surface area contributed by atoms with Gasteiger partial charge in [0.25, 0.3) is 0 Å². The van der Waals surface area contributed by atoms with E-state index < -0.39 is 0 Å². The first-order valence-corrected chi connectivity index (χ1v) is 8.45. The van der Waals surface area contributed by atoms with Crippen molar-refractivity contribution in [1.29, 1.82) is 0 Å². The Kier molecular flexibility index (Phi) is 8.27. The molecule has 0 aliphatic heterocycles. The lowest BCUT2D eigenvalue weighted by molar-refractivity contribution is 0.143. The van der Waals surface area contributed by atoms with Crippen molar-refractivity contribution < 1.29 is 9.47 Å². The van der Waals surface area contributed by atoms with Gasteiger partial charge in [-0.1, -0.05) is 36.4 Å². The van der Waals surface area contributed by atoms with Crippen molar-refractivity contribution in [3.05, 3.63) is 59.8 Å². The lowest BCUT2D eigenvalue weighted by atomic mass is 10.2. The number of aromatic nitrogens is 1. The predicted molar refractivity (Wildman–Crippen MR) is 99.7 cm³/mol. The third-order valence-corrected chi connectivity index (χ3v) is 3.43. The smallest absolute Gasteiger partial charge is 0.218 e. The van der Waals surface area contributed by atoms with E-state index in [0.717, 1.165) is 18.1 Å². The Hall–Kier alpha value is -2.60. The van der Waals surface area contributed by atoms with Gasteiger partial charge in [0.05, 0.1) is 13.2 Å². The summed E-state index contributed by atoms with van der Waals surface area (Å²) in [6.45, 7) is 5.05. The van der Waals surface area contributed by atoms with Crippen LogP contribution in [0.15, 0.2) is 53.7 Å². The van der Waals surface area contributed by atoms with Gasteiger partial charge in [0, 0.05) is 32.0 Å². The van der Waals surface area contributed by atoms with E-state index in [1.807, 2.05) is 37.3 Å². The van der Waals surface area contributed by atoms with Crippen LogP contribution >= 0.6 is 0 Å². The predicted octanol–water partition coefficient (Wildman–Crippen LogP) is 2.36. The van der Waals surface area contributed by atoms with E-state index in [0.29, 0.717) is 32.2 Å². The van der Waals surface area contributed by atoms with Gasteiger partial charge in [0.1, 0.15) is 6.61 Å². The highest BCUT2D eigenvalue weighted by Gasteiger charge is 2.06. The molecule has 0 atom stereocenters. The van der Waals surface area contributed by atoms with Crippen LogP contribution in [0.4, 0.5) is 0 Å². The van der Waals surface area contributed by atoms with E-state index >= 15 is 0 Å². The quantitative estimate of drug-likeness (QED) is 0.416. The molecule has 0 saturated carbocycles. The summed E-state index contributed by atoms with van der Waals surface area (Å²) in [4.78, 5) is 8.91. The standard InChI is InChI=1S/C19H26N4O2/c1-3-20-19(22-14-16-8-5-4-6-9-16)23-15-17-10-7-11-21-18(17)25-13-12-24-2/h4-11H,3,12-15H2,1-2H3,(H2,20,22,23). The van der Waals surface area contributed by atoms with Gasteiger partial charge < -0.3 is 20.1 Å². The number of benzene rings is 1. The molecule has 0 aliphatic carbocycles. The van der Waals surface area contributed by atoms with Crippen LogP contribution in [0.2, 0.25) is 0 Å². The topological polar surface area (TPSA) is 67.8 Å². The molecule has 6 heteroatoms. The van der Waals surface area contributed by atoms with E-state index in [4.69, 9.17) is 9.47 Å². The number of pyridine rings is 1. The second-order valence-corrected chi connectivity index (χ2v) is 5.34. The normalized spacial score (nSPS) is 11.2. The van der Waals surface area contributed by atoms with Crippen molar-refractivity contribution in [2.45, 2.75) is 20.0 Å². The fourth-order valence-electron chi connectivity index (χ4n) is 2.18. The van der Waals surface area contributed by atoms with Crippen LogP contribution in [0.25, 0.3) is 0 Å². The Morgan fingerprint density at radius 3 is 2.68 bits per heavy atom. The maximum atomic E-state index is 5.66. The van der Waals surface area contributed by atoms with Crippen molar-refractivity contribution in [3.63, 3.8) is 0 Å². The van der Waals surface area contributed by atoms with Gasteiger partial charge in [-0.05, 0) is 18.6 Å². The highest BCUT2D eigenvalue weighted by molar-refractivity contribution is 5.79. The second kappa shape index (κ2) is 11.0. The van der Waals surface area contributed by atoms with Crippen molar-refractivity contribution in [3.8, 4) is 5.88 Å². The summed E-state index contributed by atoms with van der Waals surface area (Å²) in [5.74, 6) is 1.38. The molecule has 134 valence electrons. The number of hydrogen-bond acceptors (Lipinski definition) is 4. The summed E-state index contributed by atoms with van der Waals surface area (Å²) in [5.41, 5.74) is 2.15. The Labute approximate surface area is 149 Å². The fourth-order valence-corrected chi connectivity index (χ4v) is 2.18. The summed E-state index contributed by atoms with van der Waals surface area (Å²) >= 11 is 0. The average molecular weight is 342 g/mol. The molecule has 0 radical (unpaired) electrons. The molecule has 2 rings (SSSR count). The minimum Gasteiger partial charge on any atom is -0.475 e. The SMILES string of the molecule is CCNC(=NCc1ccccc1)NCc1cccnc1OCCOC. The van der Waals surface area contributed by atoms with Gasteiger partial charge in [-0.25, -0.2) is 9.98 Å². The van der Waals surface area contributed by atoms with Crippen LogP contribution in [0.5, 0.6) is 5.88 Å². The molecule has 1 heterocycles. The number of guanidine groups is 1. The van der Waals surface area contributed by atoms with E-state index in [9.17, 15) is 0 Å². The number of hydrogen-bond donors (Lipinski definition) is 2. The van der Waals surface area contributed by atoms with Gasteiger partial charge in [-0.3, -0.25) is 0 Å². The molecule has 0 saturated heterocycles. The molecule has 0 unspecified atom stereocenters. The Balaban J connectivity index is 1.96. The van der Waals surface area contributed by atoms with Crippen LogP contribution in [0.1, 0.15) is 18.1 Å². The third-order valence-electron chi connectivity index (χ3n) is 3.43. The maximum absolute atomic E-state index is 5.66. The van der Waals surface area contributed by atoms with E-state index in [-0.39, 0.29) is 0 Å². The monoisotopic (exact) mass is 342 g/mol. The summed E-state index contributed by atoms with van der Waals surface area (Å²) in [5, 5.41) is 6.58. The van der Waals surface area contributed by atoms with E-state index in [1.165, 1.54) is 5.56 Å². The number of aliphatic imine (C=N–C) groups is 1. The van der Waals surface area contributed by atoms with Gasteiger partial charge >= 0.3 is 0 Å². The number of methoxy groups -OCH3 is 1. The largest absolute Gasteiger partial charge is 0.475 e. The first kappa shape index (κ1) is 18.7. The maximum Gasteiger partial charge on any atom is 0.218 e. The lowest BCUT2D eigenvalue weighted by Gasteiger charge is -2.13. The van der Waals surface area contributed by atoms with Crippen molar-refractivity contribution >= 4 is 5.96 Å². The van der Waals surface area contributed by atoms with Crippen LogP contribution in [0, 0.1) is 0 Å². The molecule has 0 amide bonds. The number of nitrogens with zero attached hydrogens (tertiary/aromatic N) is 2. The number of ether oxygens (including phenoxy) is 2. The molecule has 2 N–H and O–H groups in total. The van der Waals surface area contributed by atoms with Crippen LogP contribution in [-0.2, 0) is 17.8 Å². The molecule has 6 nitrogen and oxygen atoms in total. The van der Waals surface area contributed by atoms with Gasteiger partial charge in [-0.15, -0.1) is 0 Å². The molecular formula is C19H26N4O2. The molecule has 0 aliphatic rings. The molecule has 0 fully saturated rings. The van der Waals surface area contributed by atoms with E-state index in [1.54, 1.807) is 13.3 Å². The lowest BCUT2D eigenvalue weighted by Crippen LogP contribution is -2.36. The van der Waals surface area contributed by atoms with Crippen LogP contribution in [-0.4, -0.2) is 37.8 Å². The van der Waals surface area contributed by atoms with Crippen LogP contribution < -0.4 is 15.4 Å². The average Bonchev–Trinajstić information content (AvgIpc) is 2.66. The van der Waals surface area contributed by atoms with Gasteiger partial charge in [0.15, 0.2) is 5.96 Å². The Bertz CT molecular complexity index is 647. The van der Waals surface area contributed by atoms with Crippen molar-refractivity contribution in [2.24, 2.45) is 4.99 Å². The number of rotatable bonds is 9. The molecule has 25 heavy (non-hydrogen) atoms. The molecular weight excluding hydrogens is 316 g/mol. The van der Waals surface area contributed by atoms with Crippen LogP contribution in [0.3, 0.4) is 0 Å². The molecule has 0 spiro atoms. The summed E-state index contributed by atoms with van der Waals surface area (Å²) < 4.78 is 10.7. The summed E-state index contributed by atoms with van der Waals surface area (Å²) in [7, 11) is 1.65. The zero-order valence-corrected chi connectivity index (χ0v) is 14.9. The molecule has 2 aromatic rings. The first-order chi connectivity index (χ1) is 12.3. The summed E-state index contributed by atoms with van der Waals surface area (Å²) in [6.07, 6.45) is 1.72. The zero-order valence-electron chi connectivity index (χ0n) is 14.9. The highest BCUT2D eigenvalue weighted by atomic mass is 16.5. The highest BCUT2D eigenvalue weighted by Crippen LogP contribution is 2.13. The van der Waals surface area contributed by atoms with Crippen molar-refractivity contribution in [1.82, 2.24) is 15.6 Å². The zero-order chi connectivity index (χ0) is 17.7. The summed E-state index contributed by atoms with van der Waals surface area (Å²) in [6, 6.07) is 14.1.